The van der Waals surface area contributed by atoms with Gasteiger partial charge in [0.2, 0.25) is 5.65 Å². The van der Waals surface area contributed by atoms with Gasteiger partial charge in [-0.15, -0.1) is 10.2 Å². The number of hydrogen-bond acceptors (Lipinski definition) is 4. The molecule has 6 heteroatoms. The van der Waals surface area contributed by atoms with Crippen molar-refractivity contribution < 1.29 is 4.79 Å². The number of carbonyl (C=O) groups is 1. The van der Waals surface area contributed by atoms with Crippen LogP contribution >= 0.6 is 0 Å². The number of aromatic nitrogens is 4. The fourth-order valence-corrected chi connectivity index (χ4v) is 4.64. The van der Waals surface area contributed by atoms with E-state index in [0.717, 1.165) is 17.5 Å². The van der Waals surface area contributed by atoms with E-state index in [9.17, 15) is 9.59 Å². The van der Waals surface area contributed by atoms with Crippen molar-refractivity contribution in [3.63, 3.8) is 0 Å². The van der Waals surface area contributed by atoms with Gasteiger partial charge < -0.3 is 0 Å². The summed E-state index contributed by atoms with van der Waals surface area (Å²) in [4.78, 5) is 26.5. The lowest BCUT2D eigenvalue weighted by atomic mass is 9.96. The third kappa shape index (κ3) is 4.28. The van der Waals surface area contributed by atoms with Gasteiger partial charge in [-0.1, -0.05) is 87.5 Å². The highest BCUT2D eigenvalue weighted by Crippen LogP contribution is 2.26. The normalized spacial score (nSPS) is 12.5. The fraction of sp³-hybridized carbons (Fsp3) is 0.241. The van der Waals surface area contributed by atoms with E-state index in [-0.39, 0.29) is 29.5 Å². The Morgan fingerprint density at radius 2 is 1.49 bits per heavy atom. The number of Topliss-reactive ketones (excluding diaryl/α,β-unsaturated/α-hetero) is 1. The maximum absolute atomic E-state index is 13.5. The van der Waals surface area contributed by atoms with Crippen molar-refractivity contribution in [2.75, 3.05) is 0 Å². The summed E-state index contributed by atoms with van der Waals surface area (Å²) in [5, 5.41) is 8.73. The number of ketones is 1. The summed E-state index contributed by atoms with van der Waals surface area (Å²) < 4.78 is 3.34. The maximum atomic E-state index is 13.5. The van der Waals surface area contributed by atoms with Gasteiger partial charge in [-0.25, -0.2) is 0 Å². The standard InChI is InChI=1S/C29H28N4O2/c1-19(2)17-21-13-15-22(16-14-21)20(3)27-30-31-28-29(35)32(18-26(34)23-9-5-4-6-10-23)24-11-7-8-12-25(24)33(27)28/h4-16,19-20H,17-18H2,1-3H3/t20-/m0/s1. The zero-order chi connectivity index (χ0) is 24.5. The van der Waals surface area contributed by atoms with Crippen LogP contribution in [0.15, 0.2) is 83.7 Å². The first kappa shape index (κ1) is 22.7. The Balaban J connectivity index is 1.60. The highest BCUT2D eigenvalue weighted by Gasteiger charge is 2.22. The lowest BCUT2D eigenvalue weighted by molar-refractivity contribution is 0.0972. The molecule has 0 amide bonds. The van der Waals surface area contributed by atoms with E-state index < -0.39 is 0 Å². The van der Waals surface area contributed by atoms with Crippen molar-refractivity contribution in [2.45, 2.75) is 39.7 Å². The van der Waals surface area contributed by atoms with Gasteiger partial charge in [-0.3, -0.25) is 18.6 Å². The number of rotatable bonds is 7. The number of hydrogen-bond donors (Lipinski definition) is 0. The summed E-state index contributed by atoms with van der Waals surface area (Å²) in [6.07, 6.45) is 1.04. The van der Waals surface area contributed by atoms with Gasteiger partial charge in [0.1, 0.15) is 5.82 Å². The quantitative estimate of drug-likeness (QED) is 0.308. The zero-order valence-corrected chi connectivity index (χ0v) is 20.2. The summed E-state index contributed by atoms with van der Waals surface area (Å²) in [6, 6.07) is 25.2. The molecular weight excluding hydrogens is 436 g/mol. The molecule has 0 aliphatic heterocycles. The number of benzene rings is 3. The molecule has 5 aromatic rings. The van der Waals surface area contributed by atoms with Gasteiger partial charge >= 0.3 is 0 Å². The Kier molecular flexibility index (Phi) is 6.03. The fourth-order valence-electron chi connectivity index (χ4n) is 4.64. The molecule has 0 saturated heterocycles. The average Bonchev–Trinajstić information content (AvgIpc) is 3.32. The van der Waals surface area contributed by atoms with Crippen LogP contribution in [0.5, 0.6) is 0 Å². The number of nitrogens with zero attached hydrogens (tertiary/aromatic N) is 4. The minimum Gasteiger partial charge on any atom is -0.296 e. The van der Waals surface area contributed by atoms with Gasteiger partial charge in [-0.2, -0.15) is 0 Å². The second-order valence-corrected chi connectivity index (χ2v) is 9.45. The second kappa shape index (κ2) is 9.29. The number of para-hydroxylation sites is 2. The van der Waals surface area contributed by atoms with Crippen molar-refractivity contribution in [1.82, 2.24) is 19.2 Å². The molecule has 6 nitrogen and oxygen atoms in total. The van der Waals surface area contributed by atoms with Gasteiger partial charge in [0, 0.05) is 11.5 Å². The molecule has 0 aliphatic rings. The van der Waals surface area contributed by atoms with Crippen molar-refractivity contribution >= 4 is 22.5 Å². The van der Waals surface area contributed by atoms with Gasteiger partial charge in [0.05, 0.1) is 17.6 Å². The Morgan fingerprint density at radius 3 is 2.17 bits per heavy atom. The predicted molar refractivity (Wildman–Crippen MR) is 138 cm³/mol. The second-order valence-electron chi connectivity index (χ2n) is 9.45. The van der Waals surface area contributed by atoms with Crippen molar-refractivity contribution in [3.05, 3.63) is 112 Å². The van der Waals surface area contributed by atoms with E-state index in [1.54, 1.807) is 12.1 Å². The minimum atomic E-state index is -0.328. The van der Waals surface area contributed by atoms with E-state index in [0.29, 0.717) is 22.8 Å². The van der Waals surface area contributed by atoms with E-state index in [4.69, 9.17) is 0 Å². The molecule has 176 valence electrons. The first-order valence-electron chi connectivity index (χ1n) is 12.0. The van der Waals surface area contributed by atoms with Crippen molar-refractivity contribution in [1.29, 1.82) is 0 Å². The summed E-state index contributed by atoms with van der Waals surface area (Å²) in [6.45, 7) is 6.44. The Morgan fingerprint density at radius 1 is 0.829 bits per heavy atom. The summed E-state index contributed by atoms with van der Waals surface area (Å²) in [5.41, 5.74) is 4.35. The van der Waals surface area contributed by atoms with Crippen LogP contribution in [-0.2, 0) is 13.0 Å². The summed E-state index contributed by atoms with van der Waals surface area (Å²) in [5.74, 6) is 1.10. The third-order valence-corrected chi connectivity index (χ3v) is 6.45. The van der Waals surface area contributed by atoms with E-state index in [2.05, 4.69) is 55.2 Å². The molecule has 1 atom stereocenters. The van der Waals surface area contributed by atoms with E-state index >= 15 is 0 Å². The summed E-state index contributed by atoms with van der Waals surface area (Å²) in [7, 11) is 0. The van der Waals surface area contributed by atoms with Gasteiger partial charge in [0.25, 0.3) is 5.56 Å². The molecule has 3 aromatic carbocycles. The third-order valence-electron chi connectivity index (χ3n) is 6.45. The van der Waals surface area contributed by atoms with Gasteiger partial charge in [-0.05, 0) is 35.6 Å². The molecular formula is C29H28N4O2. The maximum Gasteiger partial charge on any atom is 0.297 e. The first-order chi connectivity index (χ1) is 16.9. The molecule has 2 heterocycles. The largest absolute Gasteiger partial charge is 0.297 e. The van der Waals surface area contributed by atoms with Crippen LogP contribution in [0.3, 0.4) is 0 Å². The molecule has 2 aromatic heterocycles. The molecule has 0 spiro atoms. The molecule has 0 bridgehead atoms. The Hall–Kier alpha value is -4.06. The van der Waals surface area contributed by atoms with Crippen LogP contribution in [0.1, 0.15) is 54.0 Å². The smallest absolute Gasteiger partial charge is 0.296 e. The Labute approximate surface area is 203 Å². The van der Waals surface area contributed by atoms with Crippen LogP contribution in [0, 0.1) is 5.92 Å². The van der Waals surface area contributed by atoms with Crippen molar-refractivity contribution in [3.8, 4) is 0 Å². The molecule has 0 fully saturated rings. The lowest BCUT2D eigenvalue weighted by Crippen LogP contribution is -2.27. The van der Waals surface area contributed by atoms with Crippen LogP contribution < -0.4 is 5.56 Å². The average molecular weight is 465 g/mol. The van der Waals surface area contributed by atoms with E-state index in [1.807, 2.05) is 46.9 Å². The van der Waals surface area contributed by atoms with Crippen LogP contribution in [0.25, 0.3) is 16.7 Å². The van der Waals surface area contributed by atoms with Gasteiger partial charge in [0.15, 0.2) is 5.78 Å². The highest BCUT2D eigenvalue weighted by atomic mass is 16.1. The lowest BCUT2D eigenvalue weighted by Gasteiger charge is -2.15. The number of carbonyl (C=O) groups excluding carboxylic acids is 1. The number of fused-ring (bicyclic) bond motifs is 3. The molecule has 5 rings (SSSR count). The predicted octanol–water partition coefficient (Wildman–Crippen LogP) is 5.28. The van der Waals surface area contributed by atoms with Crippen LogP contribution in [0.4, 0.5) is 0 Å². The topological polar surface area (TPSA) is 69.3 Å². The molecule has 35 heavy (non-hydrogen) atoms. The molecule has 0 unspecified atom stereocenters. The van der Waals surface area contributed by atoms with E-state index in [1.165, 1.54) is 10.1 Å². The SMILES string of the molecule is CC(C)Cc1ccc([C@H](C)c2nnc3c(=O)n(CC(=O)c4ccccc4)c4ccccc4n23)cc1. The van der Waals surface area contributed by atoms with Crippen LogP contribution in [-0.4, -0.2) is 24.9 Å². The molecule has 0 radical (unpaired) electrons. The van der Waals surface area contributed by atoms with Crippen LogP contribution in [0.2, 0.25) is 0 Å². The first-order valence-corrected chi connectivity index (χ1v) is 12.0. The zero-order valence-electron chi connectivity index (χ0n) is 20.2. The highest BCUT2D eigenvalue weighted by molar-refractivity contribution is 5.96. The molecule has 0 N–H and O–H groups in total. The molecule has 0 saturated carbocycles. The monoisotopic (exact) mass is 464 g/mol. The Bertz CT molecular complexity index is 1560. The molecule has 0 aliphatic carbocycles. The minimum absolute atomic E-state index is 0.0606. The summed E-state index contributed by atoms with van der Waals surface area (Å²) >= 11 is 0. The van der Waals surface area contributed by atoms with Crippen molar-refractivity contribution in [2.24, 2.45) is 5.92 Å².